The highest BCUT2D eigenvalue weighted by molar-refractivity contribution is 6.46. The van der Waals surface area contributed by atoms with Crippen LogP contribution in [0.2, 0.25) is 0 Å². The highest BCUT2D eigenvalue weighted by Gasteiger charge is 2.45. The van der Waals surface area contributed by atoms with Crippen molar-refractivity contribution in [3.63, 3.8) is 0 Å². The van der Waals surface area contributed by atoms with E-state index in [1.165, 1.54) is 29.2 Å². The molecule has 1 fully saturated rings. The lowest BCUT2D eigenvalue weighted by atomic mass is 9.95. The second kappa shape index (κ2) is 9.83. The molecule has 1 amide bonds. The van der Waals surface area contributed by atoms with Crippen LogP contribution in [0.25, 0.3) is 5.76 Å². The van der Waals surface area contributed by atoms with Gasteiger partial charge in [-0.2, -0.15) is 0 Å². The fourth-order valence-electron chi connectivity index (χ4n) is 3.87. The number of non-ortho nitro benzene ring substituents is 1. The molecule has 2 aromatic rings. The Morgan fingerprint density at radius 2 is 1.64 bits per heavy atom. The summed E-state index contributed by atoms with van der Waals surface area (Å²) in [6, 6.07) is 12.0. The number of likely N-dealkylation sites (tertiary alicyclic amines) is 1. The monoisotopic (exact) mass is 452 g/mol. The van der Waals surface area contributed by atoms with E-state index >= 15 is 0 Å². The predicted molar refractivity (Wildman–Crippen MR) is 126 cm³/mol. The average Bonchev–Trinajstić information content (AvgIpc) is 3.03. The minimum absolute atomic E-state index is 0.0173. The number of nitrogens with zero attached hydrogens (tertiary/aromatic N) is 4. The zero-order valence-electron chi connectivity index (χ0n) is 19.2. The van der Waals surface area contributed by atoms with Gasteiger partial charge >= 0.3 is 0 Å². The summed E-state index contributed by atoms with van der Waals surface area (Å²) >= 11 is 0. The van der Waals surface area contributed by atoms with Crippen molar-refractivity contribution in [2.45, 2.75) is 12.5 Å². The largest absolute Gasteiger partial charge is 0.507 e. The maximum atomic E-state index is 13.0. The first-order valence-electron chi connectivity index (χ1n) is 10.6. The lowest BCUT2D eigenvalue weighted by Gasteiger charge is -2.26. The quantitative estimate of drug-likeness (QED) is 0.216. The fraction of sp³-hybridized carbons (Fsp3) is 0.333. The van der Waals surface area contributed by atoms with Crippen molar-refractivity contribution in [1.29, 1.82) is 0 Å². The van der Waals surface area contributed by atoms with Gasteiger partial charge in [0.25, 0.3) is 17.4 Å². The SMILES string of the molecule is CN(C)CCCN1C(=O)C(=O)/C(=C(\O)c2ccc([N+](=O)[O-])cc2)C1c1ccc(N(C)C)cc1. The number of nitro groups is 1. The van der Waals surface area contributed by atoms with Crippen LogP contribution < -0.4 is 4.90 Å². The maximum Gasteiger partial charge on any atom is 0.295 e. The van der Waals surface area contributed by atoms with Gasteiger partial charge in [-0.1, -0.05) is 12.1 Å². The summed E-state index contributed by atoms with van der Waals surface area (Å²) in [5.41, 5.74) is 1.75. The molecule has 1 unspecified atom stereocenters. The molecule has 1 atom stereocenters. The van der Waals surface area contributed by atoms with Gasteiger partial charge in [0.1, 0.15) is 5.76 Å². The number of amides is 1. The summed E-state index contributed by atoms with van der Waals surface area (Å²) in [4.78, 5) is 41.8. The van der Waals surface area contributed by atoms with Crippen molar-refractivity contribution < 1.29 is 19.6 Å². The fourth-order valence-corrected chi connectivity index (χ4v) is 3.87. The van der Waals surface area contributed by atoms with Gasteiger partial charge in [-0.3, -0.25) is 19.7 Å². The minimum Gasteiger partial charge on any atom is -0.507 e. The number of Topliss-reactive ketones (excluding diaryl/α,β-unsaturated/α-hetero) is 1. The summed E-state index contributed by atoms with van der Waals surface area (Å²) in [7, 11) is 7.69. The van der Waals surface area contributed by atoms with Gasteiger partial charge < -0.3 is 19.8 Å². The van der Waals surface area contributed by atoms with Crippen molar-refractivity contribution >= 4 is 28.8 Å². The molecule has 9 heteroatoms. The molecule has 0 saturated carbocycles. The molecule has 0 aliphatic carbocycles. The zero-order valence-corrected chi connectivity index (χ0v) is 19.2. The van der Waals surface area contributed by atoms with E-state index in [-0.39, 0.29) is 22.6 Å². The Hall–Kier alpha value is -3.72. The van der Waals surface area contributed by atoms with Crippen LogP contribution >= 0.6 is 0 Å². The standard InChI is InChI=1S/C24H28N4O5/c1-25(2)14-5-15-27-21(16-6-10-18(11-7-16)26(3)4)20(23(30)24(27)31)22(29)17-8-12-19(13-9-17)28(32)33/h6-13,21,29H,5,14-15H2,1-4H3/b22-20-. The number of aliphatic hydroxyl groups excluding tert-OH is 1. The van der Waals surface area contributed by atoms with Gasteiger partial charge in [0.05, 0.1) is 16.5 Å². The number of ketones is 1. The van der Waals surface area contributed by atoms with Crippen LogP contribution in [0.1, 0.15) is 23.6 Å². The van der Waals surface area contributed by atoms with Gasteiger partial charge in [0.15, 0.2) is 0 Å². The maximum absolute atomic E-state index is 13.0. The average molecular weight is 453 g/mol. The van der Waals surface area contributed by atoms with Gasteiger partial charge in [0, 0.05) is 44.0 Å². The first kappa shape index (κ1) is 23.9. The highest BCUT2D eigenvalue weighted by Crippen LogP contribution is 2.40. The summed E-state index contributed by atoms with van der Waals surface area (Å²) < 4.78 is 0. The van der Waals surface area contributed by atoms with Gasteiger partial charge in [-0.05, 0) is 56.9 Å². The molecule has 174 valence electrons. The van der Waals surface area contributed by atoms with Crippen LogP contribution in [0.4, 0.5) is 11.4 Å². The van der Waals surface area contributed by atoms with E-state index in [9.17, 15) is 24.8 Å². The molecule has 0 aromatic heterocycles. The molecular formula is C24H28N4O5. The van der Waals surface area contributed by atoms with Crippen LogP contribution in [0.15, 0.2) is 54.1 Å². The lowest BCUT2D eigenvalue weighted by Crippen LogP contribution is -2.32. The normalized spacial score (nSPS) is 17.6. The van der Waals surface area contributed by atoms with Crippen molar-refractivity contribution in [1.82, 2.24) is 9.80 Å². The number of anilines is 1. The molecule has 33 heavy (non-hydrogen) atoms. The number of aliphatic hydroxyl groups is 1. The number of rotatable bonds is 8. The Bertz CT molecular complexity index is 1080. The molecule has 2 aromatic carbocycles. The van der Waals surface area contributed by atoms with Crippen molar-refractivity contribution in [3.8, 4) is 0 Å². The number of benzene rings is 2. The summed E-state index contributed by atoms with van der Waals surface area (Å²) in [6.45, 7) is 1.08. The van der Waals surface area contributed by atoms with E-state index in [2.05, 4.69) is 0 Å². The van der Waals surface area contributed by atoms with Crippen LogP contribution in [-0.4, -0.2) is 72.8 Å². The third-order valence-electron chi connectivity index (χ3n) is 5.62. The van der Waals surface area contributed by atoms with Crippen LogP contribution in [0.3, 0.4) is 0 Å². The Kier molecular flexibility index (Phi) is 7.13. The Morgan fingerprint density at radius 1 is 1.03 bits per heavy atom. The third-order valence-corrected chi connectivity index (χ3v) is 5.62. The van der Waals surface area contributed by atoms with E-state index < -0.39 is 22.7 Å². The molecule has 1 heterocycles. The molecule has 1 N–H and O–H groups in total. The Balaban J connectivity index is 2.08. The van der Waals surface area contributed by atoms with E-state index in [1.807, 2.05) is 62.3 Å². The second-order valence-corrected chi connectivity index (χ2v) is 8.44. The minimum atomic E-state index is -0.766. The Morgan fingerprint density at radius 3 is 2.15 bits per heavy atom. The van der Waals surface area contributed by atoms with Gasteiger partial charge in [0.2, 0.25) is 0 Å². The number of carbonyl (C=O) groups excluding carboxylic acids is 2. The summed E-state index contributed by atoms with van der Waals surface area (Å²) in [6.07, 6.45) is 0.657. The van der Waals surface area contributed by atoms with E-state index in [1.54, 1.807) is 0 Å². The second-order valence-electron chi connectivity index (χ2n) is 8.44. The molecule has 0 bridgehead atoms. The molecule has 0 spiro atoms. The van der Waals surface area contributed by atoms with Gasteiger partial charge in [-0.15, -0.1) is 0 Å². The van der Waals surface area contributed by atoms with E-state index in [0.29, 0.717) is 18.5 Å². The smallest absolute Gasteiger partial charge is 0.295 e. The van der Waals surface area contributed by atoms with Gasteiger partial charge in [-0.25, -0.2) is 0 Å². The zero-order chi connectivity index (χ0) is 24.3. The lowest BCUT2D eigenvalue weighted by molar-refractivity contribution is -0.384. The van der Waals surface area contributed by atoms with Crippen LogP contribution in [0.5, 0.6) is 0 Å². The molecule has 1 saturated heterocycles. The van der Waals surface area contributed by atoms with Crippen LogP contribution in [0, 0.1) is 10.1 Å². The predicted octanol–water partition coefficient (Wildman–Crippen LogP) is 3.03. The number of hydrogen-bond donors (Lipinski definition) is 1. The topological polar surface area (TPSA) is 107 Å². The molecule has 0 radical (unpaired) electrons. The Labute approximate surface area is 192 Å². The van der Waals surface area contributed by atoms with E-state index in [0.717, 1.165) is 12.2 Å². The van der Waals surface area contributed by atoms with Crippen molar-refractivity contribution in [2.24, 2.45) is 0 Å². The molecule has 9 nitrogen and oxygen atoms in total. The number of carbonyl (C=O) groups is 2. The number of hydrogen-bond acceptors (Lipinski definition) is 7. The third kappa shape index (κ3) is 5.04. The van der Waals surface area contributed by atoms with Crippen molar-refractivity contribution in [3.05, 3.63) is 75.3 Å². The summed E-state index contributed by atoms with van der Waals surface area (Å²) in [5.74, 6) is -1.78. The van der Waals surface area contributed by atoms with Crippen LogP contribution in [-0.2, 0) is 9.59 Å². The molecule has 3 rings (SSSR count). The molecule has 1 aliphatic heterocycles. The van der Waals surface area contributed by atoms with Crippen molar-refractivity contribution in [2.75, 3.05) is 46.2 Å². The van der Waals surface area contributed by atoms with E-state index in [4.69, 9.17) is 0 Å². The first-order valence-corrected chi connectivity index (χ1v) is 10.6. The summed E-state index contributed by atoms with van der Waals surface area (Å²) in [5, 5.41) is 22.0. The highest BCUT2D eigenvalue weighted by atomic mass is 16.6. The molecular weight excluding hydrogens is 424 g/mol. The first-order chi connectivity index (χ1) is 15.6. The number of nitro benzene ring substituents is 1. The molecule has 1 aliphatic rings.